The molecule has 0 aromatic heterocycles. The summed E-state index contributed by atoms with van der Waals surface area (Å²) in [5.74, 6) is 0. The fraction of sp³-hybridized carbons (Fsp3) is 0.278. The molecule has 3 nitrogen and oxygen atoms in total. The topological polar surface area (TPSA) is 32.3 Å². The second-order valence-electron chi connectivity index (χ2n) is 5.42. The zero-order valence-electron chi connectivity index (χ0n) is 13.1. The highest BCUT2D eigenvalue weighted by Crippen LogP contribution is 2.21. The first kappa shape index (κ1) is 16.6. The second kappa shape index (κ2) is 7.45. The van der Waals surface area contributed by atoms with E-state index in [4.69, 9.17) is 0 Å². The van der Waals surface area contributed by atoms with E-state index >= 15 is 0 Å². The quantitative estimate of drug-likeness (QED) is 0.824. The lowest BCUT2D eigenvalue weighted by Crippen LogP contribution is -2.39. The number of nitrogens with zero attached hydrogens (tertiary/aromatic N) is 1. The van der Waals surface area contributed by atoms with Crippen LogP contribution in [0.15, 0.2) is 59.1 Å². The van der Waals surface area contributed by atoms with Crippen LogP contribution in [0.2, 0.25) is 0 Å². The van der Waals surface area contributed by atoms with Gasteiger partial charge in [-0.15, -0.1) is 0 Å². The molecule has 2 rings (SSSR count). The van der Waals surface area contributed by atoms with Gasteiger partial charge in [-0.25, -0.2) is 4.79 Å². The molecule has 0 heterocycles. The third kappa shape index (κ3) is 4.10. The number of hydrogen-bond acceptors (Lipinski definition) is 1. The van der Waals surface area contributed by atoms with Gasteiger partial charge in [-0.3, -0.25) is 0 Å². The number of urea groups is 1. The number of amides is 2. The summed E-state index contributed by atoms with van der Waals surface area (Å²) in [4.78, 5) is 14.2. The average molecular weight is 361 g/mol. The number of benzene rings is 2. The molecule has 0 saturated heterocycles. The van der Waals surface area contributed by atoms with Crippen LogP contribution in [-0.4, -0.2) is 18.0 Å². The molecule has 0 radical (unpaired) electrons. The highest BCUT2D eigenvalue weighted by atomic mass is 79.9. The summed E-state index contributed by atoms with van der Waals surface area (Å²) < 4.78 is 1.01. The summed E-state index contributed by atoms with van der Waals surface area (Å²) in [6.45, 7) is 4.01. The zero-order chi connectivity index (χ0) is 16.1. The third-order valence-corrected chi connectivity index (χ3v) is 4.37. The molecule has 2 unspecified atom stereocenters. The summed E-state index contributed by atoms with van der Waals surface area (Å²) in [6.07, 6.45) is 0. The van der Waals surface area contributed by atoms with Gasteiger partial charge in [0.2, 0.25) is 0 Å². The molecule has 0 fully saturated rings. The van der Waals surface area contributed by atoms with E-state index in [0.717, 1.165) is 15.6 Å². The van der Waals surface area contributed by atoms with Crippen LogP contribution in [0.5, 0.6) is 0 Å². The van der Waals surface area contributed by atoms with Gasteiger partial charge in [0.15, 0.2) is 0 Å². The molecule has 22 heavy (non-hydrogen) atoms. The molecular weight excluding hydrogens is 340 g/mol. The lowest BCUT2D eigenvalue weighted by atomic mass is 10.1. The molecule has 1 N–H and O–H groups in total. The van der Waals surface area contributed by atoms with Crippen LogP contribution < -0.4 is 5.32 Å². The molecule has 2 aromatic carbocycles. The van der Waals surface area contributed by atoms with E-state index < -0.39 is 0 Å². The van der Waals surface area contributed by atoms with Crippen LogP contribution >= 0.6 is 15.9 Å². The van der Waals surface area contributed by atoms with Gasteiger partial charge >= 0.3 is 6.03 Å². The molecule has 2 amide bonds. The van der Waals surface area contributed by atoms with Crippen LogP contribution in [0, 0.1) is 0 Å². The summed E-state index contributed by atoms with van der Waals surface area (Å²) in [6, 6.07) is 17.9. The van der Waals surface area contributed by atoms with Gasteiger partial charge in [-0.05, 0) is 37.1 Å². The van der Waals surface area contributed by atoms with Crippen molar-refractivity contribution in [3.05, 3.63) is 70.2 Å². The van der Waals surface area contributed by atoms with Crippen molar-refractivity contribution in [3.8, 4) is 0 Å². The SMILES string of the molecule is CC(NC(=O)N(C)C(C)c1ccccc1)c1cccc(Br)c1. The van der Waals surface area contributed by atoms with Crippen molar-refractivity contribution >= 4 is 22.0 Å². The fourth-order valence-corrected chi connectivity index (χ4v) is 2.69. The Labute approximate surface area is 140 Å². The highest BCUT2D eigenvalue weighted by Gasteiger charge is 2.19. The number of rotatable bonds is 4. The van der Waals surface area contributed by atoms with E-state index in [1.807, 2.05) is 75.5 Å². The fourth-order valence-electron chi connectivity index (χ4n) is 2.28. The van der Waals surface area contributed by atoms with E-state index in [-0.39, 0.29) is 18.1 Å². The standard InChI is InChI=1S/C18H21BrN2O/c1-13(16-10-7-11-17(19)12-16)20-18(22)21(3)14(2)15-8-5-4-6-9-15/h4-14H,1-3H3,(H,20,22). The van der Waals surface area contributed by atoms with Crippen molar-refractivity contribution in [1.29, 1.82) is 0 Å². The summed E-state index contributed by atoms with van der Waals surface area (Å²) in [5, 5.41) is 3.04. The number of carbonyl (C=O) groups is 1. The Kier molecular flexibility index (Phi) is 5.61. The Morgan fingerprint density at radius 1 is 1.05 bits per heavy atom. The van der Waals surface area contributed by atoms with Gasteiger partial charge in [-0.1, -0.05) is 58.4 Å². The maximum atomic E-state index is 12.4. The van der Waals surface area contributed by atoms with Gasteiger partial charge in [0.25, 0.3) is 0 Å². The average Bonchev–Trinajstić information content (AvgIpc) is 2.54. The Morgan fingerprint density at radius 2 is 1.68 bits per heavy atom. The van der Waals surface area contributed by atoms with Crippen LogP contribution in [0.4, 0.5) is 4.79 Å². The number of halogens is 1. The maximum absolute atomic E-state index is 12.4. The highest BCUT2D eigenvalue weighted by molar-refractivity contribution is 9.10. The van der Waals surface area contributed by atoms with Crippen molar-refractivity contribution in [3.63, 3.8) is 0 Å². The minimum Gasteiger partial charge on any atom is -0.331 e. The normalized spacial score (nSPS) is 13.3. The smallest absolute Gasteiger partial charge is 0.318 e. The number of nitrogens with one attached hydrogen (secondary N) is 1. The van der Waals surface area contributed by atoms with Crippen molar-refractivity contribution in [2.75, 3.05) is 7.05 Å². The summed E-state index contributed by atoms with van der Waals surface area (Å²) in [7, 11) is 1.82. The van der Waals surface area contributed by atoms with Crippen molar-refractivity contribution < 1.29 is 4.79 Å². The van der Waals surface area contributed by atoms with Crippen LogP contribution in [-0.2, 0) is 0 Å². The summed E-state index contributed by atoms with van der Waals surface area (Å²) in [5.41, 5.74) is 2.19. The maximum Gasteiger partial charge on any atom is 0.318 e. The minimum absolute atomic E-state index is 0.0240. The molecule has 0 bridgehead atoms. The Balaban J connectivity index is 2.02. The Bertz CT molecular complexity index is 630. The van der Waals surface area contributed by atoms with Gasteiger partial charge in [0.1, 0.15) is 0 Å². The van der Waals surface area contributed by atoms with E-state index in [9.17, 15) is 4.79 Å². The lowest BCUT2D eigenvalue weighted by Gasteiger charge is -2.27. The van der Waals surface area contributed by atoms with Gasteiger partial charge < -0.3 is 10.2 Å². The molecule has 0 aliphatic heterocycles. The first-order chi connectivity index (χ1) is 10.5. The Morgan fingerprint density at radius 3 is 2.32 bits per heavy atom. The first-order valence-corrected chi connectivity index (χ1v) is 8.12. The number of hydrogen-bond donors (Lipinski definition) is 1. The molecular formula is C18H21BrN2O. The molecule has 0 aliphatic carbocycles. The molecule has 116 valence electrons. The van der Waals surface area contributed by atoms with E-state index in [2.05, 4.69) is 21.2 Å². The molecule has 2 atom stereocenters. The van der Waals surface area contributed by atoms with E-state index in [1.165, 1.54) is 0 Å². The second-order valence-corrected chi connectivity index (χ2v) is 6.34. The Hall–Kier alpha value is -1.81. The minimum atomic E-state index is -0.0798. The molecule has 2 aromatic rings. The zero-order valence-corrected chi connectivity index (χ0v) is 14.7. The first-order valence-electron chi connectivity index (χ1n) is 7.32. The van der Waals surface area contributed by atoms with Crippen molar-refractivity contribution in [1.82, 2.24) is 10.2 Å². The van der Waals surface area contributed by atoms with Crippen LogP contribution in [0.3, 0.4) is 0 Å². The predicted molar refractivity (Wildman–Crippen MR) is 93.7 cm³/mol. The van der Waals surface area contributed by atoms with Crippen molar-refractivity contribution in [2.24, 2.45) is 0 Å². The van der Waals surface area contributed by atoms with Gasteiger partial charge in [0, 0.05) is 11.5 Å². The molecule has 0 aliphatic rings. The third-order valence-electron chi connectivity index (χ3n) is 3.87. The van der Waals surface area contributed by atoms with Gasteiger partial charge in [0.05, 0.1) is 12.1 Å². The van der Waals surface area contributed by atoms with E-state index in [0.29, 0.717) is 0 Å². The van der Waals surface area contributed by atoms with Crippen molar-refractivity contribution in [2.45, 2.75) is 25.9 Å². The van der Waals surface area contributed by atoms with E-state index in [1.54, 1.807) is 4.90 Å². The van der Waals surface area contributed by atoms with Crippen LogP contribution in [0.1, 0.15) is 37.1 Å². The monoisotopic (exact) mass is 360 g/mol. The molecule has 0 saturated carbocycles. The lowest BCUT2D eigenvalue weighted by molar-refractivity contribution is 0.191. The molecule has 4 heteroatoms. The number of carbonyl (C=O) groups excluding carboxylic acids is 1. The molecule has 0 spiro atoms. The van der Waals surface area contributed by atoms with Crippen LogP contribution in [0.25, 0.3) is 0 Å². The largest absolute Gasteiger partial charge is 0.331 e. The van der Waals surface area contributed by atoms with Gasteiger partial charge in [-0.2, -0.15) is 0 Å². The predicted octanol–water partition coefficient (Wildman–Crippen LogP) is 4.91. The summed E-state index contributed by atoms with van der Waals surface area (Å²) >= 11 is 3.46.